The highest BCUT2D eigenvalue weighted by molar-refractivity contribution is 7.89. The molecular weight excluding hydrogens is 309 g/mol. The molecule has 22 heavy (non-hydrogen) atoms. The van der Waals surface area contributed by atoms with Crippen LogP contribution in [-0.4, -0.2) is 19.5 Å². The molecule has 116 valence electrons. The fraction of sp³-hybridized carbons (Fsp3) is 0.133. The van der Waals surface area contributed by atoms with Crippen LogP contribution in [0.15, 0.2) is 53.4 Å². The SMILES string of the molecule is C[C@H](NS(=O)(=O)c1cc(C(=O)O)ccc1F)c1ccccc1. The number of carboxylic acid groups (broad SMARTS) is 1. The van der Waals surface area contributed by atoms with Gasteiger partial charge in [-0.1, -0.05) is 30.3 Å². The summed E-state index contributed by atoms with van der Waals surface area (Å²) in [5.41, 5.74) is 0.412. The summed E-state index contributed by atoms with van der Waals surface area (Å²) in [7, 11) is -4.18. The highest BCUT2D eigenvalue weighted by Gasteiger charge is 2.23. The summed E-state index contributed by atoms with van der Waals surface area (Å²) in [5.74, 6) is -2.33. The lowest BCUT2D eigenvalue weighted by Gasteiger charge is -2.15. The lowest BCUT2D eigenvalue weighted by Crippen LogP contribution is -2.27. The standard InChI is InChI=1S/C15H14FNO4S/c1-10(11-5-3-2-4-6-11)17-22(20,21)14-9-12(15(18)19)7-8-13(14)16/h2-10,17H,1H3,(H,18,19)/t10-/m0/s1. The van der Waals surface area contributed by atoms with Crippen LogP contribution >= 0.6 is 0 Å². The van der Waals surface area contributed by atoms with Crippen molar-refractivity contribution < 1.29 is 22.7 Å². The normalized spacial score (nSPS) is 12.8. The van der Waals surface area contributed by atoms with Gasteiger partial charge in [-0.3, -0.25) is 0 Å². The number of hydrogen-bond acceptors (Lipinski definition) is 3. The molecule has 2 aromatic rings. The van der Waals surface area contributed by atoms with E-state index in [-0.39, 0.29) is 5.56 Å². The zero-order valence-corrected chi connectivity index (χ0v) is 12.5. The second-order valence-corrected chi connectivity index (χ2v) is 6.39. The van der Waals surface area contributed by atoms with E-state index in [0.717, 1.165) is 18.2 Å². The quantitative estimate of drug-likeness (QED) is 0.886. The van der Waals surface area contributed by atoms with E-state index in [0.29, 0.717) is 5.56 Å². The number of hydrogen-bond donors (Lipinski definition) is 2. The highest BCUT2D eigenvalue weighted by Crippen LogP contribution is 2.20. The van der Waals surface area contributed by atoms with Crippen molar-refractivity contribution in [2.75, 3.05) is 0 Å². The molecule has 0 aliphatic rings. The maximum absolute atomic E-state index is 13.8. The predicted molar refractivity (Wildman–Crippen MR) is 78.5 cm³/mol. The minimum Gasteiger partial charge on any atom is -0.478 e. The van der Waals surface area contributed by atoms with Gasteiger partial charge in [-0.05, 0) is 30.7 Å². The van der Waals surface area contributed by atoms with Gasteiger partial charge in [0.2, 0.25) is 10.0 Å². The van der Waals surface area contributed by atoms with Crippen LogP contribution in [0.4, 0.5) is 4.39 Å². The van der Waals surface area contributed by atoms with Crippen molar-refractivity contribution in [1.82, 2.24) is 4.72 Å². The Hall–Kier alpha value is -2.25. The van der Waals surface area contributed by atoms with E-state index in [9.17, 15) is 17.6 Å². The van der Waals surface area contributed by atoms with Gasteiger partial charge in [0.1, 0.15) is 10.7 Å². The summed E-state index contributed by atoms with van der Waals surface area (Å²) in [6.07, 6.45) is 0. The Morgan fingerprint density at radius 1 is 1.18 bits per heavy atom. The van der Waals surface area contributed by atoms with E-state index in [2.05, 4.69) is 4.72 Å². The Morgan fingerprint density at radius 2 is 1.82 bits per heavy atom. The third-order valence-corrected chi connectivity index (χ3v) is 4.65. The third-order valence-electron chi connectivity index (χ3n) is 3.10. The lowest BCUT2D eigenvalue weighted by atomic mass is 10.1. The molecule has 2 rings (SSSR count). The van der Waals surface area contributed by atoms with Crippen LogP contribution < -0.4 is 4.72 Å². The first-order valence-corrected chi connectivity index (χ1v) is 7.89. The Balaban J connectivity index is 2.35. The molecule has 0 heterocycles. The highest BCUT2D eigenvalue weighted by atomic mass is 32.2. The first-order chi connectivity index (χ1) is 10.3. The van der Waals surface area contributed by atoms with Crippen molar-refractivity contribution in [1.29, 1.82) is 0 Å². The fourth-order valence-electron chi connectivity index (χ4n) is 1.95. The summed E-state index contributed by atoms with van der Waals surface area (Å²) in [6, 6.07) is 10.8. The Morgan fingerprint density at radius 3 is 2.41 bits per heavy atom. The van der Waals surface area contributed by atoms with E-state index in [1.165, 1.54) is 0 Å². The van der Waals surface area contributed by atoms with Crippen molar-refractivity contribution in [3.63, 3.8) is 0 Å². The second-order valence-electron chi connectivity index (χ2n) is 4.70. The number of carboxylic acids is 1. The Bertz CT molecular complexity index is 790. The molecule has 2 aromatic carbocycles. The Kier molecular flexibility index (Phi) is 4.58. The number of aromatic carboxylic acids is 1. The number of nitrogens with one attached hydrogen (secondary N) is 1. The largest absolute Gasteiger partial charge is 0.478 e. The molecule has 0 aliphatic carbocycles. The maximum atomic E-state index is 13.8. The third kappa shape index (κ3) is 3.49. The molecule has 0 fully saturated rings. The smallest absolute Gasteiger partial charge is 0.335 e. The molecule has 0 saturated carbocycles. The molecule has 0 spiro atoms. The van der Waals surface area contributed by atoms with Gasteiger partial charge in [0.25, 0.3) is 0 Å². The first-order valence-electron chi connectivity index (χ1n) is 6.41. The molecule has 0 bridgehead atoms. The van der Waals surface area contributed by atoms with Gasteiger partial charge in [0.05, 0.1) is 5.56 Å². The van der Waals surface area contributed by atoms with Gasteiger partial charge in [0, 0.05) is 6.04 Å². The van der Waals surface area contributed by atoms with Crippen LogP contribution in [0, 0.1) is 5.82 Å². The summed E-state index contributed by atoms with van der Waals surface area (Å²) in [6.45, 7) is 1.62. The Labute approximate surface area is 127 Å². The second kappa shape index (κ2) is 6.25. The van der Waals surface area contributed by atoms with Crippen LogP contribution in [0.5, 0.6) is 0 Å². The van der Waals surface area contributed by atoms with E-state index >= 15 is 0 Å². The fourth-order valence-corrected chi connectivity index (χ4v) is 3.28. The van der Waals surface area contributed by atoms with Crippen molar-refractivity contribution in [3.8, 4) is 0 Å². The molecule has 1 atom stereocenters. The number of benzene rings is 2. The first kappa shape index (κ1) is 16.1. The van der Waals surface area contributed by atoms with E-state index < -0.39 is 32.7 Å². The molecule has 0 radical (unpaired) electrons. The van der Waals surface area contributed by atoms with Crippen molar-refractivity contribution in [2.24, 2.45) is 0 Å². The zero-order valence-electron chi connectivity index (χ0n) is 11.7. The van der Waals surface area contributed by atoms with Crippen molar-refractivity contribution >= 4 is 16.0 Å². The van der Waals surface area contributed by atoms with Crippen LogP contribution in [-0.2, 0) is 10.0 Å². The monoisotopic (exact) mass is 323 g/mol. The topological polar surface area (TPSA) is 83.5 Å². The summed E-state index contributed by atoms with van der Waals surface area (Å²) in [5, 5.41) is 8.89. The molecule has 0 aromatic heterocycles. The molecule has 0 unspecified atom stereocenters. The summed E-state index contributed by atoms with van der Waals surface area (Å²) < 4.78 is 40.6. The van der Waals surface area contributed by atoms with Crippen molar-refractivity contribution in [2.45, 2.75) is 17.9 Å². The van der Waals surface area contributed by atoms with Gasteiger partial charge in [-0.2, -0.15) is 0 Å². The summed E-state index contributed by atoms with van der Waals surface area (Å²) >= 11 is 0. The van der Waals surface area contributed by atoms with Crippen LogP contribution in [0.1, 0.15) is 28.9 Å². The predicted octanol–water partition coefficient (Wildman–Crippen LogP) is 2.56. The molecule has 0 amide bonds. The minimum atomic E-state index is -4.18. The van der Waals surface area contributed by atoms with Crippen LogP contribution in [0.2, 0.25) is 0 Å². The van der Waals surface area contributed by atoms with E-state index in [4.69, 9.17) is 5.11 Å². The lowest BCUT2D eigenvalue weighted by molar-refractivity contribution is 0.0696. The number of halogens is 1. The van der Waals surface area contributed by atoms with Gasteiger partial charge in [-0.25, -0.2) is 22.3 Å². The minimum absolute atomic E-state index is 0.297. The molecule has 0 saturated heterocycles. The molecule has 0 aliphatic heterocycles. The zero-order chi connectivity index (χ0) is 16.3. The molecular formula is C15H14FNO4S. The maximum Gasteiger partial charge on any atom is 0.335 e. The van der Waals surface area contributed by atoms with Gasteiger partial charge in [0.15, 0.2) is 0 Å². The molecule has 5 nitrogen and oxygen atoms in total. The molecule has 2 N–H and O–H groups in total. The number of rotatable bonds is 5. The van der Waals surface area contributed by atoms with E-state index in [1.54, 1.807) is 37.3 Å². The van der Waals surface area contributed by atoms with Gasteiger partial charge in [-0.15, -0.1) is 0 Å². The van der Waals surface area contributed by atoms with Crippen molar-refractivity contribution in [3.05, 3.63) is 65.5 Å². The van der Waals surface area contributed by atoms with Gasteiger partial charge < -0.3 is 5.11 Å². The molecule has 7 heteroatoms. The van der Waals surface area contributed by atoms with Crippen LogP contribution in [0.25, 0.3) is 0 Å². The van der Waals surface area contributed by atoms with E-state index in [1.807, 2.05) is 0 Å². The number of carbonyl (C=O) groups is 1. The number of sulfonamides is 1. The average molecular weight is 323 g/mol. The van der Waals surface area contributed by atoms with Crippen LogP contribution in [0.3, 0.4) is 0 Å². The van der Waals surface area contributed by atoms with Gasteiger partial charge >= 0.3 is 5.97 Å². The average Bonchev–Trinajstić information content (AvgIpc) is 2.47. The summed E-state index contributed by atoms with van der Waals surface area (Å²) in [4.78, 5) is 10.2.